The number of carboxylic acids is 1. The van der Waals surface area contributed by atoms with Crippen molar-refractivity contribution in [1.82, 2.24) is 4.90 Å². The van der Waals surface area contributed by atoms with Crippen molar-refractivity contribution in [3.63, 3.8) is 0 Å². The lowest BCUT2D eigenvalue weighted by atomic mass is 9.81. The van der Waals surface area contributed by atoms with Gasteiger partial charge in [-0.15, -0.1) is 0 Å². The van der Waals surface area contributed by atoms with Gasteiger partial charge >= 0.3 is 12.0 Å². The van der Waals surface area contributed by atoms with Crippen LogP contribution in [0.25, 0.3) is 0 Å². The first-order chi connectivity index (χ1) is 9.36. The van der Waals surface area contributed by atoms with Gasteiger partial charge in [0.2, 0.25) is 0 Å². The molecule has 1 N–H and O–H groups in total. The molecule has 1 saturated heterocycles. The Bertz CT molecular complexity index is 517. The molecule has 1 heterocycles. The number of amides is 2. The van der Waals surface area contributed by atoms with Crippen molar-refractivity contribution >= 4 is 17.7 Å². The standard InChI is InChI=1S/C15H20N2O3/c1-11-9-17(10-15(11,2)13(18)19)14(20)16(3)12-7-5-4-6-8-12/h4-8,11H,9-10H2,1-3H3,(H,18,19)/t11-,15-/m1/s1. The predicted octanol–water partition coefficient (Wildman–Crippen LogP) is 2.29. The second-order valence-electron chi connectivity index (χ2n) is 5.68. The number of hydrogen-bond donors (Lipinski definition) is 1. The molecule has 0 aromatic heterocycles. The largest absolute Gasteiger partial charge is 0.481 e. The number of carbonyl (C=O) groups excluding carboxylic acids is 1. The number of nitrogens with zero attached hydrogens (tertiary/aromatic N) is 2. The van der Waals surface area contributed by atoms with Gasteiger partial charge < -0.3 is 10.0 Å². The third kappa shape index (κ3) is 2.35. The van der Waals surface area contributed by atoms with Crippen LogP contribution in [-0.2, 0) is 4.79 Å². The van der Waals surface area contributed by atoms with Gasteiger partial charge in [-0.1, -0.05) is 25.1 Å². The molecular weight excluding hydrogens is 256 g/mol. The van der Waals surface area contributed by atoms with E-state index in [9.17, 15) is 14.7 Å². The minimum Gasteiger partial charge on any atom is -0.481 e. The molecule has 0 bridgehead atoms. The van der Waals surface area contributed by atoms with Gasteiger partial charge in [-0.25, -0.2) is 4.79 Å². The minimum atomic E-state index is -0.868. The van der Waals surface area contributed by atoms with Crippen molar-refractivity contribution in [3.8, 4) is 0 Å². The highest BCUT2D eigenvalue weighted by atomic mass is 16.4. The molecule has 108 valence electrons. The maximum absolute atomic E-state index is 12.5. The van der Waals surface area contributed by atoms with E-state index in [1.54, 1.807) is 23.8 Å². The molecule has 0 unspecified atom stereocenters. The van der Waals surface area contributed by atoms with Crippen LogP contribution in [0.4, 0.5) is 10.5 Å². The van der Waals surface area contributed by atoms with Crippen LogP contribution in [0.2, 0.25) is 0 Å². The van der Waals surface area contributed by atoms with Gasteiger partial charge in [0.05, 0.1) is 5.41 Å². The van der Waals surface area contributed by atoms with Crippen LogP contribution < -0.4 is 4.90 Å². The number of anilines is 1. The van der Waals surface area contributed by atoms with Gasteiger partial charge in [0, 0.05) is 25.8 Å². The van der Waals surface area contributed by atoms with E-state index in [2.05, 4.69) is 0 Å². The van der Waals surface area contributed by atoms with Crippen LogP contribution in [-0.4, -0.2) is 42.1 Å². The van der Waals surface area contributed by atoms with Crippen LogP contribution in [0, 0.1) is 11.3 Å². The summed E-state index contributed by atoms with van der Waals surface area (Å²) < 4.78 is 0. The molecule has 5 heteroatoms. The van der Waals surface area contributed by atoms with Gasteiger partial charge in [-0.05, 0) is 25.0 Å². The molecule has 1 fully saturated rings. The number of para-hydroxylation sites is 1. The van der Waals surface area contributed by atoms with E-state index in [4.69, 9.17) is 0 Å². The van der Waals surface area contributed by atoms with E-state index in [0.717, 1.165) is 5.69 Å². The van der Waals surface area contributed by atoms with Crippen molar-refractivity contribution in [2.45, 2.75) is 13.8 Å². The lowest BCUT2D eigenvalue weighted by molar-refractivity contribution is -0.148. The maximum Gasteiger partial charge on any atom is 0.324 e. The second-order valence-corrected chi connectivity index (χ2v) is 5.68. The summed E-state index contributed by atoms with van der Waals surface area (Å²) in [5.74, 6) is -0.907. The number of likely N-dealkylation sites (tertiary alicyclic amines) is 1. The quantitative estimate of drug-likeness (QED) is 0.901. The lowest BCUT2D eigenvalue weighted by Gasteiger charge is -2.26. The topological polar surface area (TPSA) is 60.9 Å². The highest BCUT2D eigenvalue weighted by molar-refractivity contribution is 5.92. The van der Waals surface area contributed by atoms with Crippen molar-refractivity contribution in [3.05, 3.63) is 30.3 Å². The zero-order chi connectivity index (χ0) is 14.9. The van der Waals surface area contributed by atoms with E-state index in [-0.39, 0.29) is 18.5 Å². The van der Waals surface area contributed by atoms with Crippen LogP contribution in [0.3, 0.4) is 0 Å². The highest BCUT2D eigenvalue weighted by Gasteiger charge is 2.48. The first-order valence-electron chi connectivity index (χ1n) is 6.67. The summed E-state index contributed by atoms with van der Waals surface area (Å²) in [6.07, 6.45) is 0. The number of rotatable bonds is 2. The summed E-state index contributed by atoms with van der Waals surface area (Å²) in [4.78, 5) is 27.0. The minimum absolute atomic E-state index is 0.0619. The Morgan fingerprint density at radius 1 is 1.35 bits per heavy atom. The monoisotopic (exact) mass is 276 g/mol. The molecule has 5 nitrogen and oxygen atoms in total. The molecule has 1 aliphatic rings. The van der Waals surface area contributed by atoms with Gasteiger partial charge in [-0.3, -0.25) is 9.69 Å². The molecule has 1 aromatic carbocycles. The molecule has 0 radical (unpaired) electrons. The average molecular weight is 276 g/mol. The molecule has 0 spiro atoms. The number of aliphatic carboxylic acids is 1. The third-order valence-electron chi connectivity index (χ3n) is 4.29. The van der Waals surface area contributed by atoms with E-state index < -0.39 is 11.4 Å². The summed E-state index contributed by atoms with van der Waals surface area (Å²) in [6, 6.07) is 9.18. The first-order valence-corrected chi connectivity index (χ1v) is 6.67. The number of urea groups is 1. The summed E-state index contributed by atoms with van der Waals surface area (Å²) in [6.45, 7) is 4.30. The number of hydrogen-bond acceptors (Lipinski definition) is 2. The highest BCUT2D eigenvalue weighted by Crippen LogP contribution is 2.36. The normalized spacial score (nSPS) is 25.6. The van der Waals surface area contributed by atoms with Gasteiger partial charge in [0.15, 0.2) is 0 Å². The third-order valence-corrected chi connectivity index (χ3v) is 4.29. The summed E-state index contributed by atoms with van der Waals surface area (Å²) in [5.41, 5.74) is -0.0678. The smallest absolute Gasteiger partial charge is 0.324 e. The Hall–Kier alpha value is -2.04. The molecule has 20 heavy (non-hydrogen) atoms. The number of carboxylic acid groups (broad SMARTS) is 1. The molecule has 0 aliphatic carbocycles. The fourth-order valence-electron chi connectivity index (χ4n) is 2.55. The Morgan fingerprint density at radius 2 is 1.95 bits per heavy atom. The van der Waals surface area contributed by atoms with Gasteiger partial charge in [0.25, 0.3) is 0 Å². The average Bonchev–Trinajstić information content (AvgIpc) is 2.75. The summed E-state index contributed by atoms with van der Waals surface area (Å²) >= 11 is 0. The Kier molecular flexibility index (Phi) is 3.70. The zero-order valence-electron chi connectivity index (χ0n) is 12.0. The summed E-state index contributed by atoms with van der Waals surface area (Å²) in [7, 11) is 1.71. The fraction of sp³-hybridized carbons (Fsp3) is 0.467. The molecule has 1 aliphatic heterocycles. The molecule has 2 rings (SSSR count). The number of carbonyl (C=O) groups is 2. The van der Waals surface area contributed by atoms with Crippen LogP contribution in [0.15, 0.2) is 30.3 Å². The van der Waals surface area contributed by atoms with Crippen molar-refractivity contribution in [1.29, 1.82) is 0 Å². The van der Waals surface area contributed by atoms with E-state index in [1.165, 1.54) is 0 Å². The fourth-order valence-corrected chi connectivity index (χ4v) is 2.55. The van der Waals surface area contributed by atoms with Crippen LogP contribution >= 0.6 is 0 Å². The molecular formula is C15H20N2O3. The Morgan fingerprint density at radius 3 is 2.45 bits per heavy atom. The lowest BCUT2D eigenvalue weighted by Crippen LogP contribution is -2.42. The molecule has 1 aromatic rings. The Labute approximate surface area is 118 Å². The second kappa shape index (κ2) is 5.15. The predicted molar refractivity (Wildman–Crippen MR) is 76.7 cm³/mol. The Balaban J connectivity index is 2.14. The van der Waals surface area contributed by atoms with Crippen molar-refractivity contribution in [2.24, 2.45) is 11.3 Å². The SMILES string of the molecule is C[C@@H]1CN(C(=O)N(C)c2ccccc2)C[C@@]1(C)C(=O)O. The zero-order valence-corrected chi connectivity index (χ0v) is 12.0. The van der Waals surface area contributed by atoms with E-state index >= 15 is 0 Å². The van der Waals surface area contributed by atoms with Crippen LogP contribution in [0.1, 0.15) is 13.8 Å². The first kappa shape index (κ1) is 14.4. The van der Waals surface area contributed by atoms with Gasteiger partial charge in [0.1, 0.15) is 0 Å². The van der Waals surface area contributed by atoms with Crippen molar-refractivity contribution < 1.29 is 14.7 Å². The molecule has 2 atom stereocenters. The maximum atomic E-state index is 12.5. The van der Waals surface area contributed by atoms with Gasteiger partial charge in [-0.2, -0.15) is 0 Å². The summed E-state index contributed by atoms with van der Waals surface area (Å²) in [5, 5.41) is 9.35. The number of benzene rings is 1. The molecule has 2 amide bonds. The van der Waals surface area contributed by atoms with Crippen molar-refractivity contribution in [2.75, 3.05) is 25.0 Å². The van der Waals surface area contributed by atoms with E-state index in [0.29, 0.717) is 6.54 Å². The van der Waals surface area contributed by atoms with E-state index in [1.807, 2.05) is 37.3 Å². The molecule has 0 saturated carbocycles. The van der Waals surface area contributed by atoms with Crippen LogP contribution in [0.5, 0.6) is 0 Å².